The van der Waals surface area contributed by atoms with Crippen molar-refractivity contribution in [3.05, 3.63) is 56.7 Å². The fourth-order valence-corrected chi connectivity index (χ4v) is 1.95. The number of anilines is 1. The van der Waals surface area contributed by atoms with Crippen LogP contribution in [-0.4, -0.2) is 9.55 Å². The first-order chi connectivity index (χ1) is 8.47. The lowest BCUT2D eigenvalue weighted by atomic mass is 10.2. The highest BCUT2D eigenvalue weighted by atomic mass is 35.5. The van der Waals surface area contributed by atoms with Gasteiger partial charge in [-0.15, -0.1) is 0 Å². The minimum Gasteiger partial charge on any atom is -0.398 e. The molecule has 0 bridgehead atoms. The van der Waals surface area contributed by atoms with Crippen LogP contribution in [0.2, 0.25) is 5.02 Å². The van der Waals surface area contributed by atoms with Crippen molar-refractivity contribution < 1.29 is 0 Å². The zero-order chi connectivity index (χ0) is 13.3. The van der Waals surface area contributed by atoms with Crippen LogP contribution in [0.4, 0.5) is 5.69 Å². The van der Waals surface area contributed by atoms with Crippen LogP contribution < -0.4 is 11.3 Å². The molecule has 0 amide bonds. The van der Waals surface area contributed by atoms with E-state index in [2.05, 4.69) is 4.98 Å². The van der Waals surface area contributed by atoms with Gasteiger partial charge in [-0.05, 0) is 31.5 Å². The van der Waals surface area contributed by atoms with Gasteiger partial charge >= 0.3 is 0 Å². The van der Waals surface area contributed by atoms with E-state index in [1.165, 1.54) is 6.07 Å². The van der Waals surface area contributed by atoms with Gasteiger partial charge in [-0.3, -0.25) is 9.36 Å². The molecular formula is C13H14ClN3O. The second-order valence-electron chi connectivity index (χ2n) is 4.22. The molecular weight excluding hydrogens is 250 g/mol. The summed E-state index contributed by atoms with van der Waals surface area (Å²) in [5.41, 5.74) is 7.84. The van der Waals surface area contributed by atoms with Crippen LogP contribution in [0.3, 0.4) is 0 Å². The summed E-state index contributed by atoms with van der Waals surface area (Å²) in [6.07, 6.45) is 0. The lowest BCUT2D eigenvalue weighted by Gasteiger charge is -2.10. The molecule has 1 aromatic carbocycles. The Morgan fingerprint density at radius 1 is 1.33 bits per heavy atom. The third-order valence-corrected chi connectivity index (χ3v) is 3.07. The number of benzene rings is 1. The topological polar surface area (TPSA) is 60.9 Å². The molecule has 1 aromatic heterocycles. The quantitative estimate of drug-likeness (QED) is 0.845. The smallest absolute Gasteiger partial charge is 0.254 e. The van der Waals surface area contributed by atoms with Crippen LogP contribution in [0.1, 0.15) is 17.1 Å². The van der Waals surface area contributed by atoms with Crippen molar-refractivity contribution in [3.8, 4) is 0 Å². The number of hydrogen-bond donors (Lipinski definition) is 1. The van der Waals surface area contributed by atoms with Gasteiger partial charge in [0.25, 0.3) is 5.56 Å². The molecule has 94 valence electrons. The maximum absolute atomic E-state index is 11.9. The number of aryl methyl sites for hydroxylation is 2. The van der Waals surface area contributed by atoms with E-state index >= 15 is 0 Å². The summed E-state index contributed by atoms with van der Waals surface area (Å²) < 4.78 is 1.61. The number of aromatic nitrogens is 2. The van der Waals surface area contributed by atoms with Crippen molar-refractivity contribution in [2.75, 3.05) is 5.73 Å². The fraction of sp³-hybridized carbons (Fsp3) is 0.231. The van der Waals surface area contributed by atoms with E-state index in [4.69, 9.17) is 17.3 Å². The van der Waals surface area contributed by atoms with Crippen molar-refractivity contribution >= 4 is 17.3 Å². The molecule has 2 rings (SSSR count). The van der Waals surface area contributed by atoms with Crippen LogP contribution in [0, 0.1) is 13.8 Å². The second kappa shape index (κ2) is 4.82. The van der Waals surface area contributed by atoms with Gasteiger partial charge in [0.2, 0.25) is 0 Å². The number of nitrogens with two attached hydrogens (primary N) is 1. The van der Waals surface area contributed by atoms with Gasteiger partial charge in [-0.2, -0.15) is 0 Å². The van der Waals surface area contributed by atoms with Gasteiger partial charge in [-0.25, -0.2) is 4.98 Å². The van der Waals surface area contributed by atoms with Gasteiger partial charge in [-0.1, -0.05) is 17.7 Å². The molecule has 5 heteroatoms. The minimum absolute atomic E-state index is 0.0616. The maximum atomic E-state index is 11.9. The van der Waals surface area contributed by atoms with Crippen molar-refractivity contribution in [1.29, 1.82) is 0 Å². The summed E-state index contributed by atoms with van der Waals surface area (Å²) in [7, 11) is 0. The highest BCUT2D eigenvalue weighted by molar-refractivity contribution is 6.33. The van der Waals surface area contributed by atoms with Crippen LogP contribution in [0.15, 0.2) is 29.1 Å². The van der Waals surface area contributed by atoms with Crippen molar-refractivity contribution in [2.24, 2.45) is 0 Å². The predicted molar refractivity (Wildman–Crippen MR) is 72.9 cm³/mol. The molecule has 0 unspecified atom stereocenters. The third-order valence-electron chi connectivity index (χ3n) is 2.73. The van der Waals surface area contributed by atoms with Crippen LogP contribution in [0.25, 0.3) is 0 Å². The predicted octanol–water partition coefficient (Wildman–Crippen LogP) is 2.14. The van der Waals surface area contributed by atoms with Crippen molar-refractivity contribution in [3.63, 3.8) is 0 Å². The molecule has 0 aliphatic heterocycles. The third kappa shape index (κ3) is 2.54. The molecule has 0 radical (unpaired) electrons. The molecule has 1 heterocycles. The zero-order valence-corrected chi connectivity index (χ0v) is 11.0. The monoisotopic (exact) mass is 263 g/mol. The Labute approximate surface area is 110 Å². The number of nitrogens with zero attached hydrogens (tertiary/aromatic N) is 2. The van der Waals surface area contributed by atoms with Gasteiger partial charge in [0.15, 0.2) is 0 Å². The fourth-order valence-electron chi connectivity index (χ4n) is 1.83. The van der Waals surface area contributed by atoms with Gasteiger partial charge in [0.1, 0.15) is 5.82 Å². The maximum Gasteiger partial charge on any atom is 0.254 e. The summed E-state index contributed by atoms with van der Waals surface area (Å²) in [6, 6.07) is 6.87. The molecule has 0 fully saturated rings. The SMILES string of the molecule is Cc1cc(=O)n(Cc2ccc(Cl)c(N)c2)c(C)n1. The first-order valence-electron chi connectivity index (χ1n) is 5.56. The molecule has 4 nitrogen and oxygen atoms in total. The largest absolute Gasteiger partial charge is 0.398 e. The Kier molecular flexibility index (Phi) is 3.39. The highest BCUT2D eigenvalue weighted by Gasteiger charge is 2.05. The Hall–Kier alpha value is -1.81. The normalized spacial score (nSPS) is 10.6. The van der Waals surface area contributed by atoms with Gasteiger partial charge in [0.05, 0.1) is 17.3 Å². The van der Waals surface area contributed by atoms with Crippen LogP contribution in [0.5, 0.6) is 0 Å². The van der Waals surface area contributed by atoms with E-state index in [1.54, 1.807) is 23.6 Å². The lowest BCUT2D eigenvalue weighted by molar-refractivity contribution is 0.694. The number of halogens is 1. The Morgan fingerprint density at radius 2 is 2.06 bits per heavy atom. The number of rotatable bonds is 2. The Balaban J connectivity index is 2.40. The van der Waals surface area contributed by atoms with E-state index in [1.807, 2.05) is 13.0 Å². The van der Waals surface area contributed by atoms with Crippen molar-refractivity contribution in [2.45, 2.75) is 20.4 Å². The minimum atomic E-state index is -0.0616. The van der Waals surface area contributed by atoms with E-state index in [-0.39, 0.29) is 5.56 Å². The molecule has 0 aliphatic rings. The van der Waals surface area contributed by atoms with E-state index < -0.39 is 0 Å². The summed E-state index contributed by atoms with van der Waals surface area (Å²) >= 11 is 5.86. The van der Waals surface area contributed by atoms with Gasteiger partial charge < -0.3 is 5.73 Å². The molecule has 2 N–H and O–H groups in total. The summed E-state index contributed by atoms with van der Waals surface area (Å²) in [5.74, 6) is 0.688. The highest BCUT2D eigenvalue weighted by Crippen LogP contribution is 2.19. The molecule has 0 aliphatic carbocycles. The molecule has 2 aromatic rings. The zero-order valence-electron chi connectivity index (χ0n) is 10.3. The second-order valence-corrected chi connectivity index (χ2v) is 4.63. The molecule has 0 atom stereocenters. The summed E-state index contributed by atoms with van der Waals surface area (Å²) in [6.45, 7) is 4.06. The first-order valence-corrected chi connectivity index (χ1v) is 5.94. The molecule has 0 saturated carbocycles. The lowest BCUT2D eigenvalue weighted by Crippen LogP contribution is -2.24. The Bertz CT molecular complexity index is 649. The van der Waals surface area contributed by atoms with Crippen LogP contribution in [-0.2, 0) is 6.54 Å². The first kappa shape index (κ1) is 12.6. The summed E-state index contributed by atoms with van der Waals surface area (Å²) in [4.78, 5) is 16.2. The molecule has 0 spiro atoms. The molecule has 18 heavy (non-hydrogen) atoms. The van der Waals surface area contributed by atoms with Crippen LogP contribution >= 0.6 is 11.6 Å². The Morgan fingerprint density at radius 3 is 2.67 bits per heavy atom. The van der Waals surface area contributed by atoms with Gasteiger partial charge in [0, 0.05) is 11.8 Å². The van der Waals surface area contributed by atoms with Crippen molar-refractivity contribution in [1.82, 2.24) is 9.55 Å². The standard InChI is InChI=1S/C13H14ClN3O/c1-8-5-13(18)17(9(2)16-8)7-10-3-4-11(14)12(15)6-10/h3-6H,7,15H2,1-2H3. The average molecular weight is 264 g/mol. The number of hydrogen-bond acceptors (Lipinski definition) is 3. The summed E-state index contributed by atoms with van der Waals surface area (Å²) in [5, 5.41) is 0.518. The van der Waals surface area contributed by atoms with E-state index in [9.17, 15) is 4.79 Å². The molecule has 0 saturated heterocycles. The van der Waals surface area contributed by atoms with E-state index in [0.29, 0.717) is 23.1 Å². The number of nitrogen functional groups attached to an aromatic ring is 1. The van der Waals surface area contributed by atoms with E-state index in [0.717, 1.165) is 11.3 Å². The average Bonchev–Trinajstić information content (AvgIpc) is 2.28.